The van der Waals surface area contributed by atoms with Crippen LogP contribution in [0.1, 0.15) is 18.4 Å². The number of amides is 3. The summed E-state index contributed by atoms with van der Waals surface area (Å²) < 4.78 is 0. The highest BCUT2D eigenvalue weighted by atomic mass is 16.7. The molecule has 0 saturated carbocycles. The number of carbonyl (C=O) groups excluding carboxylic acids is 3. The lowest BCUT2D eigenvalue weighted by atomic mass is 10.2. The van der Waals surface area contributed by atoms with Crippen LogP contribution in [0.2, 0.25) is 0 Å². The third-order valence-electron chi connectivity index (χ3n) is 2.44. The van der Waals surface area contributed by atoms with E-state index in [0.29, 0.717) is 10.8 Å². The number of anilines is 1. The van der Waals surface area contributed by atoms with Crippen molar-refractivity contribution in [2.45, 2.75) is 19.8 Å². The Morgan fingerprint density at radius 3 is 2.56 bits per heavy atom. The quantitative estimate of drug-likeness (QED) is 0.807. The first-order valence-electron chi connectivity index (χ1n) is 5.47. The number of rotatable bonds is 2. The highest BCUT2D eigenvalue weighted by molar-refractivity contribution is 6.02. The maximum Gasteiger partial charge on any atom is 0.436 e. The molecular weight excluding hydrogens is 236 g/mol. The van der Waals surface area contributed by atoms with E-state index in [9.17, 15) is 14.4 Å². The summed E-state index contributed by atoms with van der Waals surface area (Å²) in [6.45, 7) is 1.88. The second-order valence-electron chi connectivity index (χ2n) is 3.96. The molecule has 18 heavy (non-hydrogen) atoms. The van der Waals surface area contributed by atoms with E-state index < -0.39 is 17.9 Å². The Balaban J connectivity index is 1.97. The number of benzene rings is 1. The predicted molar refractivity (Wildman–Crippen MR) is 62.4 cm³/mol. The molecule has 0 atom stereocenters. The molecule has 2 rings (SSSR count). The topological polar surface area (TPSA) is 75.7 Å². The number of hydroxylamine groups is 2. The van der Waals surface area contributed by atoms with E-state index in [1.165, 1.54) is 0 Å². The second-order valence-corrected chi connectivity index (χ2v) is 3.96. The van der Waals surface area contributed by atoms with Crippen LogP contribution in [0.3, 0.4) is 0 Å². The molecule has 1 saturated heterocycles. The molecule has 0 bridgehead atoms. The van der Waals surface area contributed by atoms with Crippen LogP contribution in [0.15, 0.2) is 24.3 Å². The van der Waals surface area contributed by atoms with E-state index in [2.05, 4.69) is 10.2 Å². The SMILES string of the molecule is Cc1cccc(NC(=O)ON2C(=O)CCC2=O)c1. The Hall–Kier alpha value is -2.37. The van der Waals surface area contributed by atoms with Gasteiger partial charge in [0, 0.05) is 18.5 Å². The number of hydrogen-bond donors (Lipinski definition) is 1. The first-order valence-corrected chi connectivity index (χ1v) is 5.47. The molecule has 1 aromatic carbocycles. The van der Waals surface area contributed by atoms with Gasteiger partial charge in [0.2, 0.25) is 0 Å². The lowest BCUT2D eigenvalue weighted by molar-refractivity contribution is -0.170. The number of carbonyl (C=O) groups is 3. The molecule has 6 heteroatoms. The van der Waals surface area contributed by atoms with Gasteiger partial charge >= 0.3 is 6.09 Å². The zero-order chi connectivity index (χ0) is 13.1. The summed E-state index contributed by atoms with van der Waals surface area (Å²) in [4.78, 5) is 38.6. The Kier molecular flexibility index (Phi) is 3.27. The molecular formula is C12H12N2O4. The lowest BCUT2D eigenvalue weighted by Gasteiger charge is -2.13. The standard InChI is InChI=1S/C12H12N2O4/c1-8-3-2-4-9(7-8)13-12(17)18-14-10(15)5-6-11(14)16/h2-4,7H,5-6H2,1H3,(H,13,17). The molecule has 94 valence electrons. The molecule has 1 fully saturated rings. The van der Waals surface area contributed by atoms with Crippen LogP contribution >= 0.6 is 0 Å². The van der Waals surface area contributed by atoms with E-state index in [0.717, 1.165) is 5.56 Å². The van der Waals surface area contributed by atoms with Crippen molar-refractivity contribution in [2.75, 3.05) is 5.32 Å². The summed E-state index contributed by atoms with van der Waals surface area (Å²) in [5.74, 6) is -1.00. The molecule has 6 nitrogen and oxygen atoms in total. The van der Waals surface area contributed by atoms with Gasteiger partial charge in [0.25, 0.3) is 11.8 Å². The molecule has 0 aliphatic carbocycles. The number of imide groups is 1. The van der Waals surface area contributed by atoms with E-state index >= 15 is 0 Å². The molecule has 0 unspecified atom stereocenters. The van der Waals surface area contributed by atoms with Gasteiger partial charge in [-0.3, -0.25) is 14.9 Å². The van der Waals surface area contributed by atoms with Crippen molar-refractivity contribution in [1.29, 1.82) is 0 Å². The van der Waals surface area contributed by atoms with Crippen LogP contribution in [-0.4, -0.2) is 23.0 Å². The Labute approximate surface area is 103 Å². The van der Waals surface area contributed by atoms with Crippen molar-refractivity contribution in [3.63, 3.8) is 0 Å². The molecule has 1 heterocycles. The maximum absolute atomic E-state index is 11.5. The number of nitrogens with one attached hydrogen (secondary N) is 1. The summed E-state index contributed by atoms with van der Waals surface area (Å²) in [5, 5.41) is 2.95. The summed E-state index contributed by atoms with van der Waals surface area (Å²) >= 11 is 0. The van der Waals surface area contributed by atoms with Gasteiger partial charge in [-0.15, -0.1) is 5.06 Å². The van der Waals surface area contributed by atoms with Gasteiger partial charge in [-0.2, -0.15) is 0 Å². The van der Waals surface area contributed by atoms with E-state index in [1.807, 2.05) is 13.0 Å². The fraction of sp³-hybridized carbons (Fsp3) is 0.250. The molecule has 0 aromatic heterocycles. The fourth-order valence-electron chi connectivity index (χ4n) is 1.60. The minimum absolute atomic E-state index is 0.0799. The highest BCUT2D eigenvalue weighted by Gasteiger charge is 2.32. The first kappa shape index (κ1) is 12.1. The molecule has 1 aliphatic rings. The predicted octanol–water partition coefficient (Wildman–Crippen LogP) is 1.61. The minimum Gasteiger partial charge on any atom is -0.311 e. The zero-order valence-corrected chi connectivity index (χ0v) is 9.80. The third-order valence-corrected chi connectivity index (χ3v) is 2.44. The average Bonchev–Trinajstić information content (AvgIpc) is 2.61. The van der Waals surface area contributed by atoms with Crippen LogP contribution in [0.5, 0.6) is 0 Å². The van der Waals surface area contributed by atoms with Crippen molar-refractivity contribution in [1.82, 2.24) is 5.06 Å². The lowest BCUT2D eigenvalue weighted by Crippen LogP contribution is -2.33. The zero-order valence-electron chi connectivity index (χ0n) is 9.80. The molecule has 1 aliphatic heterocycles. The Bertz CT molecular complexity index is 497. The van der Waals surface area contributed by atoms with Crippen molar-refractivity contribution in [3.05, 3.63) is 29.8 Å². The van der Waals surface area contributed by atoms with Crippen molar-refractivity contribution < 1.29 is 19.2 Å². The molecule has 0 spiro atoms. The van der Waals surface area contributed by atoms with E-state index in [-0.39, 0.29) is 12.8 Å². The Morgan fingerprint density at radius 2 is 1.94 bits per heavy atom. The highest BCUT2D eigenvalue weighted by Crippen LogP contribution is 2.14. The van der Waals surface area contributed by atoms with Crippen LogP contribution in [0.25, 0.3) is 0 Å². The van der Waals surface area contributed by atoms with Crippen LogP contribution in [-0.2, 0) is 14.4 Å². The van der Waals surface area contributed by atoms with Gasteiger partial charge in [0.1, 0.15) is 0 Å². The summed E-state index contributed by atoms with van der Waals surface area (Å²) in [7, 11) is 0. The summed E-state index contributed by atoms with van der Waals surface area (Å²) in [6, 6.07) is 7.08. The smallest absolute Gasteiger partial charge is 0.311 e. The van der Waals surface area contributed by atoms with Crippen LogP contribution in [0, 0.1) is 6.92 Å². The van der Waals surface area contributed by atoms with Crippen molar-refractivity contribution in [2.24, 2.45) is 0 Å². The number of aryl methyl sites for hydroxylation is 1. The van der Waals surface area contributed by atoms with Crippen molar-refractivity contribution in [3.8, 4) is 0 Å². The maximum atomic E-state index is 11.5. The Morgan fingerprint density at radius 1 is 1.28 bits per heavy atom. The van der Waals surface area contributed by atoms with Gasteiger partial charge in [-0.25, -0.2) is 4.79 Å². The normalized spacial score (nSPS) is 14.8. The van der Waals surface area contributed by atoms with Gasteiger partial charge in [-0.05, 0) is 24.6 Å². The van der Waals surface area contributed by atoms with Gasteiger partial charge in [0.05, 0.1) is 0 Å². The number of nitrogens with zero attached hydrogens (tertiary/aromatic N) is 1. The molecule has 3 amide bonds. The van der Waals surface area contributed by atoms with Crippen LogP contribution < -0.4 is 5.32 Å². The summed E-state index contributed by atoms with van der Waals surface area (Å²) in [5.41, 5.74) is 1.51. The van der Waals surface area contributed by atoms with Crippen LogP contribution in [0.4, 0.5) is 10.5 Å². The van der Waals surface area contributed by atoms with Gasteiger partial charge < -0.3 is 4.84 Å². The molecule has 1 N–H and O–H groups in total. The van der Waals surface area contributed by atoms with E-state index in [4.69, 9.17) is 0 Å². The largest absolute Gasteiger partial charge is 0.436 e. The van der Waals surface area contributed by atoms with Gasteiger partial charge in [-0.1, -0.05) is 12.1 Å². The second kappa shape index (κ2) is 4.87. The molecule has 0 radical (unpaired) electrons. The first-order chi connectivity index (χ1) is 8.56. The summed E-state index contributed by atoms with van der Waals surface area (Å²) in [6.07, 6.45) is -0.697. The third kappa shape index (κ3) is 2.65. The van der Waals surface area contributed by atoms with Gasteiger partial charge in [0.15, 0.2) is 0 Å². The molecule has 1 aromatic rings. The number of hydrogen-bond acceptors (Lipinski definition) is 4. The average molecular weight is 248 g/mol. The minimum atomic E-state index is -0.857. The van der Waals surface area contributed by atoms with Crippen molar-refractivity contribution >= 4 is 23.6 Å². The fourth-order valence-corrected chi connectivity index (χ4v) is 1.60. The van der Waals surface area contributed by atoms with E-state index in [1.54, 1.807) is 18.2 Å². The monoisotopic (exact) mass is 248 g/mol.